The van der Waals surface area contributed by atoms with E-state index in [1.165, 1.54) is 9.75 Å². The van der Waals surface area contributed by atoms with Crippen LogP contribution in [0, 0.1) is 11.8 Å². The summed E-state index contributed by atoms with van der Waals surface area (Å²) in [5.41, 5.74) is 0.223. The van der Waals surface area contributed by atoms with Gasteiger partial charge in [-0.05, 0) is 35.8 Å². The van der Waals surface area contributed by atoms with Gasteiger partial charge in [0.25, 0.3) is 0 Å². The van der Waals surface area contributed by atoms with Crippen molar-refractivity contribution in [1.82, 2.24) is 0 Å². The number of hydrogen-bond donors (Lipinski definition) is 0. The molecule has 1 saturated heterocycles. The van der Waals surface area contributed by atoms with Gasteiger partial charge < -0.3 is 4.74 Å². The Bertz CT molecular complexity index is 393. The topological polar surface area (TPSA) is 9.23 Å². The minimum Gasteiger partial charge on any atom is -0.381 e. The molecule has 1 aromatic heterocycles. The highest BCUT2D eigenvalue weighted by Gasteiger charge is 2.31. The molecule has 1 fully saturated rings. The van der Waals surface area contributed by atoms with Crippen molar-refractivity contribution in [1.29, 1.82) is 0 Å². The van der Waals surface area contributed by atoms with Gasteiger partial charge in [0.2, 0.25) is 0 Å². The van der Waals surface area contributed by atoms with Crippen molar-refractivity contribution >= 4 is 22.9 Å². The van der Waals surface area contributed by atoms with Crippen molar-refractivity contribution in [2.24, 2.45) is 11.8 Å². The number of thiophene rings is 1. The van der Waals surface area contributed by atoms with Crippen molar-refractivity contribution in [3.05, 3.63) is 21.9 Å². The van der Waals surface area contributed by atoms with Crippen molar-refractivity contribution in [2.45, 2.75) is 44.9 Å². The molecule has 0 radical (unpaired) electrons. The minimum absolute atomic E-state index is 0.144. The second-order valence-corrected chi connectivity index (χ2v) is 7.94. The monoisotopic (exact) mass is 286 g/mol. The largest absolute Gasteiger partial charge is 0.381 e. The Morgan fingerprint density at radius 1 is 1.39 bits per heavy atom. The lowest BCUT2D eigenvalue weighted by Gasteiger charge is -2.31. The zero-order valence-electron chi connectivity index (χ0n) is 11.7. The SMILES string of the molecule is CC1COCCC1C(Cl)c1ccc(C(C)(C)C)s1. The van der Waals surface area contributed by atoms with E-state index in [0.29, 0.717) is 11.8 Å². The average Bonchev–Trinajstić information content (AvgIpc) is 2.77. The number of halogens is 1. The van der Waals surface area contributed by atoms with E-state index in [2.05, 4.69) is 39.8 Å². The predicted octanol–water partition coefficient (Wildman–Crippen LogP) is 5.00. The standard InChI is InChI=1S/C15H23ClOS/c1-10-9-17-8-7-11(10)14(16)12-5-6-13(18-12)15(2,3)4/h5-6,10-11,14H,7-9H2,1-4H3. The Morgan fingerprint density at radius 2 is 2.11 bits per heavy atom. The number of rotatable bonds is 2. The smallest absolute Gasteiger partial charge is 0.0711 e. The molecule has 0 bridgehead atoms. The van der Waals surface area contributed by atoms with Gasteiger partial charge in [-0.2, -0.15) is 0 Å². The average molecular weight is 287 g/mol. The molecule has 102 valence electrons. The Kier molecular flexibility index (Phi) is 4.40. The zero-order chi connectivity index (χ0) is 13.3. The van der Waals surface area contributed by atoms with E-state index in [4.69, 9.17) is 16.3 Å². The molecule has 3 heteroatoms. The molecule has 0 N–H and O–H groups in total. The molecular formula is C15H23ClOS. The van der Waals surface area contributed by atoms with Crippen LogP contribution in [0.5, 0.6) is 0 Å². The summed E-state index contributed by atoms with van der Waals surface area (Å²) in [6.07, 6.45) is 1.08. The van der Waals surface area contributed by atoms with E-state index in [0.717, 1.165) is 19.6 Å². The highest BCUT2D eigenvalue weighted by molar-refractivity contribution is 7.12. The van der Waals surface area contributed by atoms with Crippen LogP contribution in [-0.2, 0) is 10.2 Å². The Morgan fingerprint density at radius 3 is 2.67 bits per heavy atom. The van der Waals surface area contributed by atoms with Crippen LogP contribution in [-0.4, -0.2) is 13.2 Å². The van der Waals surface area contributed by atoms with E-state index >= 15 is 0 Å². The summed E-state index contributed by atoms with van der Waals surface area (Å²) >= 11 is 8.57. The van der Waals surface area contributed by atoms with Gasteiger partial charge in [0.1, 0.15) is 0 Å². The van der Waals surface area contributed by atoms with Gasteiger partial charge in [0, 0.05) is 23.0 Å². The fraction of sp³-hybridized carbons (Fsp3) is 0.733. The molecule has 1 aromatic rings. The van der Waals surface area contributed by atoms with E-state index < -0.39 is 0 Å². The van der Waals surface area contributed by atoms with E-state index in [1.54, 1.807) is 0 Å². The Labute approximate surface area is 119 Å². The highest BCUT2D eigenvalue weighted by atomic mass is 35.5. The van der Waals surface area contributed by atoms with Gasteiger partial charge >= 0.3 is 0 Å². The molecule has 2 rings (SSSR count). The lowest BCUT2D eigenvalue weighted by Crippen LogP contribution is -2.27. The van der Waals surface area contributed by atoms with Crippen LogP contribution in [0.2, 0.25) is 0 Å². The summed E-state index contributed by atoms with van der Waals surface area (Å²) in [4.78, 5) is 2.74. The molecule has 18 heavy (non-hydrogen) atoms. The van der Waals surface area contributed by atoms with Crippen LogP contribution < -0.4 is 0 Å². The normalized spacial score (nSPS) is 27.2. The lowest BCUT2D eigenvalue weighted by atomic mass is 9.86. The summed E-state index contributed by atoms with van der Waals surface area (Å²) in [6.45, 7) is 10.7. The third-order valence-electron chi connectivity index (χ3n) is 3.72. The van der Waals surface area contributed by atoms with Crippen molar-refractivity contribution in [2.75, 3.05) is 13.2 Å². The van der Waals surface area contributed by atoms with Gasteiger partial charge in [0.15, 0.2) is 0 Å². The van der Waals surface area contributed by atoms with Gasteiger partial charge in [-0.25, -0.2) is 0 Å². The molecule has 1 nitrogen and oxygen atoms in total. The molecule has 0 saturated carbocycles. The first-order chi connectivity index (χ1) is 8.39. The summed E-state index contributed by atoms with van der Waals surface area (Å²) in [5.74, 6) is 1.10. The van der Waals surface area contributed by atoms with Crippen LogP contribution in [0.3, 0.4) is 0 Å². The number of alkyl halides is 1. The minimum atomic E-state index is 0.144. The molecule has 1 aliphatic heterocycles. The van der Waals surface area contributed by atoms with Crippen LogP contribution in [0.4, 0.5) is 0 Å². The van der Waals surface area contributed by atoms with Gasteiger partial charge in [-0.3, -0.25) is 0 Å². The first-order valence-electron chi connectivity index (χ1n) is 6.71. The predicted molar refractivity (Wildman–Crippen MR) is 79.7 cm³/mol. The van der Waals surface area contributed by atoms with Gasteiger partial charge in [-0.1, -0.05) is 27.7 Å². The summed E-state index contributed by atoms with van der Waals surface area (Å²) in [5, 5.41) is 0.144. The molecule has 3 atom stereocenters. The lowest BCUT2D eigenvalue weighted by molar-refractivity contribution is 0.0231. The maximum absolute atomic E-state index is 6.70. The van der Waals surface area contributed by atoms with E-state index in [9.17, 15) is 0 Å². The number of ether oxygens (including phenoxy) is 1. The highest BCUT2D eigenvalue weighted by Crippen LogP contribution is 2.42. The zero-order valence-corrected chi connectivity index (χ0v) is 13.3. The first-order valence-corrected chi connectivity index (χ1v) is 7.97. The van der Waals surface area contributed by atoms with Crippen LogP contribution in [0.15, 0.2) is 12.1 Å². The second kappa shape index (κ2) is 5.52. The van der Waals surface area contributed by atoms with Gasteiger partial charge in [-0.15, -0.1) is 22.9 Å². The molecule has 0 spiro atoms. The summed E-state index contributed by atoms with van der Waals surface area (Å²) in [7, 11) is 0. The first kappa shape index (κ1) is 14.4. The Hall–Kier alpha value is -0.0500. The van der Waals surface area contributed by atoms with E-state index in [-0.39, 0.29) is 10.8 Å². The third kappa shape index (κ3) is 3.09. The maximum Gasteiger partial charge on any atom is 0.0711 e. The Balaban J connectivity index is 2.13. The molecule has 0 amide bonds. The molecule has 2 heterocycles. The van der Waals surface area contributed by atoms with Crippen molar-refractivity contribution < 1.29 is 4.74 Å². The number of hydrogen-bond acceptors (Lipinski definition) is 2. The van der Waals surface area contributed by atoms with Crippen LogP contribution >= 0.6 is 22.9 Å². The van der Waals surface area contributed by atoms with Gasteiger partial charge in [0.05, 0.1) is 5.38 Å². The molecule has 3 unspecified atom stereocenters. The summed E-state index contributed by atoms with van der Waals surface area (Å²) in [6, 6.07) is 4.45. The van der Waals surface area contributed by atoms with Crippen LogP contribution in [0.1, 0.15) is 49.2 Å². The molecular weight excluding hydrogens is 264 g/mol. The molecule has 1 aliphatic rings. The molecule has 0 aliphatic carbocycles. The summed E-state index contributed by atoms with van der Waals surface area (Å²) < 4.78 is 5.50. The fourth-order valence-corrected chi connectivity index (χ4v) is 4.15. The van der Waals surface area contributed by atoms with Crippen molar-refractivity contribution in [3.8, 4) is 0 Å². The fourth-order valence-electron chi connectivity index (χ4n) is 2.45. The van der Waals surface area contributed by atoms with Crippen molar-refractivity contribution in [3.63, 3.8) is 0 Å². The maximum atomic E-state index is 6.70. The second-order valence-electron chi connectivity index (χ2n) is 6.36. The van der Waals surface area contributed by atoms with E-state index in [1.807, 2.05) is 11.3 Å². The molecule has 0 aromatic carbocycles. The van der Waals surface area contributed by atoms with Crippen LogP contribution in [0.25, 0.3) is 0 Å². The third-order valence-corrected chi connectivity index (χ3v) is 6.00. The quantitative estimate of drug-likeness (QED) is 0.695.